The Kier molecular flexibility index (Phi) is 4.83. The number of likely N-dealkylation sites (N-methyl/N-ethyl adjacent to an activating group) is 1. The molecule has 0 spiro atoms. The molecular weight excluding hydrogens is 366 g/mol. The van der Waals surface area contributed by atoms with E-state index in [9.17, 15) is 9.59 Å². The molecule has 0 unspecified atom stereocenters. The van der Waals surface area contributed by atoms with Gasteiger partial charge in [-0.2, -0.15) is 5.10 Å². The first-order valence-electron chi connectivity index (χ1n) is 9.10. The number of rotatable bonds is 4. The third-order valence-corrected chi connectivity index (χ3v) is 4.51. The van der Waals surface area contributed by atoms with Crippen molar-refractivity contribution in [3.05, 3.63) is 88.9 Å². The molecule has 144 valence electrons. The Morgan fingerprint density at radius 3 is 2.55 bits per heavy atom. The van der Waals surface area contributed by atoms with E-state index in [0.717, 1.165) is 11.1 Å². The molecule has 2 heterocycles. The van der Waals surface area contributed by atoms with Crippen molar-refractivity contribution in [1.29, 1.82) is 0 Å². The topological polar surface area (TPSA) is 68.3 Å². The van der Waals surface area contributed by atoms with Crippen molar-refractivity contribution in [2.24, 2.45) is 0 Å². The first kappa shape index (κ1) is 18.4. The molecule has 29 heavy (non-hydrogen) atoms. The molecule has 0 N–H and O–H groups in total. The highest BCUT2D eigenvalue weighted by molar-refractivity contribution is 5.93. The Balaban J connectivity index is 1.89. The van der Waals surface area contributed by atoms with Gasteiger partial charge >= 0.3 is 5.63 Å². The number of aromatic nitrogens is 2. The van der Waals surface area contributed by atoms with Crippen molar-refractivity contribution in [2.75, 3.05) is 14.1 Å². The maximum absolute atomic E-state index is 12.7. The van der Waals surface area contributed by atoms with Gasteiger partial charge in [-0.05, 0) is 30.3 Å². The van der Waals surface area contributed by atoms with Crippen LogP contribution in [0, 0.1) is 0 Å². The molecule has 0 aliphatic carbocycles. The van der Waals surface area contributed by atoms with E-state index in [1.807, 2.05) is 48.5 Å². The summed E-state index contributed by atoms with van der Waals surface area (Å²) in [4.78, 5) is 26.2. The zero-order valence-corrected chi connectivity index (χ0v) is 16.1. The molecule has 0 fully saturated rings. The van der Waals surface area contributed by atoms with Crippen LogP contribution in [-0.4, -0.2) is 34.7 Å². The predicted octanol–water partition coefficient (Wildman–Crippen LogP) is 3.75. The molecule has 0 aliphatic heterocycles. The highest BCUT2D eigenvalue weighted by Crippen LogP contribution is 2.25. The second-order valence-electron chi connectivity index (χ2n) is 6.76. The number of hydrogen-bond acceptors (Lipinski definition) is 4. The molecule has 0 aliphatic rings. The van der Waals surface area contributed by atoms with Crippen LogP contribution in [0.25, 0.3) is 34.0 Å². The number of nitrogens with zero attached hydrogens (tertiary/aromatic N) is 3. The number of hydrogen-bond donors (Lipinski definition) is 0. The second kappa shape index (κ2) is 7.59. The molecule has 1 amide bonds. The van der Waals surface area contributed by atoms with Gasteiger partial charge in [0.2, 0.25) is 5.91 Å². The van der Waals surface area contributed by atoms with E-state index in [1.54, 1.807) is 43.2 Å². The Bertz CT molecular complexity index is 1270. The maximum atomic E-state index is 12.7. The van der Waals surface area contributed by atoms with Crippen LogP contribution in [0.1, 0.15) is 5.56 Å². The minimum atomic E-state index is -0.476. The van der Waals surface area contributed by atoms with Gasteiger partial charge in [0.1, 0.15) is 11.3 Å². The van der Waals surface area contributed by atoms with E-state index in [0.29, 0.717) is 22.4 Å². The summed E-state index contributed by atoms with van der Waals surface area (Å²) in [5.74, 6) is -0.158. The molecule has 2 aromatic heterocycles. The Morgan fingerprint density at radius 2 is 1.79 bits per heavy atom. The monoisotopic (exact) mass is 385 g/mol. The lowest BCUT2D eigenvalue weighted by atomic mass is 10.1. The smallest absolute Gasteiger partial charge is 0.345 e. The summed E-state index contributed by atoms with van der Waals surface area (Å²) in [6, 6.07) is 18.7. The first-order chi connectivity index (χ1) is 14.0. The van der Waals surface area contributed by atoms with Gasteiger partial charge in [-0.1, -0.05) is 36.4 Å². The lowest BCUT2D eigenvalue weighted by Gasteiger charge is -2.05. The lowest BCUT2D eigenvalue weighted by Crippen LogP contribution is -2.18. The number of fused-ring (bicyclic) bond motifs is 1. The van der Waals surface area contributed by atoms with Crippen molar-refractivity contribution in [1.82, 2.24) is 14.7 Å². The SMILES string of the molecule is CN(C)C(=O)/C=C/c1cn(-c2ccccc2)nc1-c1cc2ccccc2oc1=O. The third kappa shape index (κ3) is 3.73. The van der Waals surface area contributed by atoms with Crippen LogP contribution >= 0.6 is 0 Å². The Labute approximate surface area is 167 Å². The molecule has 0 radical (unpaired) electrons. The largest absolute Gasteiger partial charge is 0.422 e. The average Bonchev–Trinajstić information content (AvgIpc) is 3.16. The van der Waals surface area contributed by atoms with Crippen LogP contribution in [0.3, 0.4) is 0 Å². The van der Waals surface area contributed by atoms with Gasteiger partial charge in [-0.25, -0.2) is 9.48 Å². The van der Waals surface area contributed by atoms with Gasteiger partial charge in [0.15, 0.2) is 0 Å². The van der Waals surface area contributed by atoms with Crippen molar-refractivity contribution in [3.63, 3.8) is 0 Å². The standard InChI is InChI=1S/C23H19N3O3/c1-25(2)21(27)13-12-17-15-26(18-9-4-3-5-10-18)24-22(17)19-14-16-8-6-7-11-20(16)29-23(19)28/h3-15H,1-2H3/b13-12+. The van der Waals surface area contributed by atoms with E-state index in [-0.39, 0.29) is 5.91 Å². The molecule has 0 atom stereocenters. The zero-order valence-electron chi connectivity index (χ0n) is 16.1. The van der Waals surface area contributed by atoms with Gasteiger partial charge in [0.25, 0.3) is 0 Å². The van der Waals surface area contributed by atoms with Crippen LogP contribution in [0.15, 0.2) is 82.1 Å². The van der Waals surface area contributed by atoms with E-state index in [1.165, 1.54) is 11.0 Å². The highest BCUT2D eigenvalue weighted by atomic mass is 16.4. The quantitative estimate of drug-likeness (QED) is 0.396. The predicted molar refractivity (Wildman–Crippen MR) is 113 cm³/mol. The normalized spacial score (nSPS) is 11.2. The number of amides is 1. The Morgan fingerprint density at radius 1 is 1.07 bits per heavy atom. The van der Waals surface area contributed by atoms with E-state index in [2.05, 4.69) is 5.10 Å². The maximum Gasteiger partial charge on any atom is 0.345 e. The summed E-state index contributed by atoms with van der Waals surface area (Å²) in [6.07, 6.45) is 4.91. The number of para-hydroxylation sites is 2. The van der Waals surface area contributed by atoms with Crippen LogP contribution in [0.4, 0.5) is 0 Å². The van der Waals surface area contributed by atoms with Gasteiger partial charge in [-0.15, -0.1) is 0 Å². The summed E-state index contributed by atoms with van der Waals surface area (Å²) in [5.41, 5.74) is 2.33. The van der Waals surface area contributed by atoms with Crippen molar-refractivity contribution < 1.29 is 9.21 Å². The van der Waals surface area contributed by atoms with Crippen LogP contribution in [0.2, 0.25) is 0 Å². The number of carbonyl (C=O) groups excluding carboxylic acids is 1. The molecule has 4 aromatic rings. The fourth-order valence-corrected chi connectivity index (χ4v) is 2.97. The van der Waals surface area contributed by atoms with Crippen LogP contribution in [0.5, 0.6) is 0 Å². The van der Waals surface area contributed by atoms with Crippen molar-refractivity contribution >= 4 is 23.0 Å². The van der Waals surface area contributed by atoms with Gasteiger partial charge in [0, 0.05) is 37.3 Å². The van der Waals surface area contributed by atoms with Crippen LogP contribution < -0.4 is 5.63 Å². The van der Waals surface area contributed by atoms with E-state index < -0.39 is 5.63 Å². The van der Waals surface area contributed by atoms with Gasteiger partial charge < -0.3 is 9.32 Å². The van der Waals surface area contributed by atoms with Gasteiger partial charge in [-0.3, -0.25) is 4.79 Å². The van der Waals surface area contributed by atoms with Crippen molar-refractivity contribution in [2.45, 2.75) is 0 Å². The molecule has 0 bridgehead atoms. The summed E-state index contributed by atoms with van der Waals surface area (Å²) in [5, 5.41) is 5.42. The highest BCUT2D eigenvalue weighted by Gasteiger charge is 2.16. The molecular formula is C23H19N3O3. The molecule has 4 rings (SSSR count). The first-order valence-corrected chi connectivity index (χ1v) is 9.10. The number of benzene rings is 2. The fraction of sp³-hybridized carbons (Fsp3) is 0.0870. The fourth-order valence-electron chi connectivity index (χ4n) is 2.97. The summed E-state index contributed by atoms with van der Waals surface area (Å²) in [7, 11) is 3.36. The second-order valence-corrected chi connectivity index (χ2v) is 6.76. The molecule has 2 aromatic carbocycles. The molecule has 6 nitrogen and oxygen atoms in total. The third-order valence-electron chi connectivity index (χ3n) is 4.51. The number of carbonyl (C=O) groups is 1. The van der Waals surface area contributed by atoms with E-state index >= 15 is 0 Å². The van der Waals surface area contributed by atoms with Gasteiger partial charge in [0.05, 0.1) is 11.3 Å². The minimum absolute atomic E-state index is 0.158. The molecule has 6 heteroatoms. The molecule has 0 saturated heterocycles. The zero-order chi connectivity index (χ0) is 20.4. The molecule has 0 saturated carbocycles. The summed E-state index contributed by atoms with van der Waals surface area (Å²) < 4.78 is 7.16. The summed E-state index contributed by atoms with van der Waals surface area (Å²) >= 11 is 0. The minimum Gasteiger partial charge on any atom is -0.422 e. The average molecular weight is 385 g/mol. The lowest BCUT2D eigenvalue weighted by molar-refractivity contribution is -0.123. The summed E-state index contributed by atoms with van der Waals surface area (Å²) in [6.45, 7) is 0. The Hall–Kier alpha value is -3.93. The van der Waals surface area contributed by atoms with E-state index in [4.69, 9.17) is 4.42 Å². The van der Waals surface area contributed by atoms with Crippen molar-refractivity contribution in [3.8, 4) is 16.9 Å². The van der Waals surface area contributed by atoms with Crippen LogP contribution in [-0.2, 0) is 4.79 Å².